The van der Waals surface area contributed by atoms with Crippen molar-refractivity contribution in [1.82, 2.24) is 0 Å². The van der Waals surface area contributed by atoms with Crippen LogP contribution in [-0.2, 0) is 0 Å². The molecule has 0 aromatic heterocycles. The van der Waals surface area contributed by atoms with Crippen molar-refractivity contribution in [2.24, 2.45) is 5.41 Å². The minimum atomic E-state index is -0.376. The van der Waals surface area contributed by atoms with Crippen LogP contribution in [0.15, 0.2) is 18.2 Å². The molecule has 1 saturated carbocycles. The first-order valence-corrected chi connectivity index (χ1v) is 6.76. The van der Waals surface area contributed by atoms with Crippen LogP contribution < -0.4 is 10.1 Å². The highest BCUT2D eigenvalue weighted by atomic mass is 16.6. The molecule has 1 aliphatic carbocycles. The van der Waals surface area contributed by atoms with Gasteiger partial charge in [0.25, 0.3) is 0 Å². The SMILES string of the molecule is CCOc1cccc(NCC2(CC)CC2)c1[N+](=O)[O-]. The second kappa shape index (κ2) is 5.47. The number of para-hydroxylation sites is 1. The molecule has 0 atom stereocenters. The Kier molecular flexibility index (Phi) is 3.93. The van der Waals surface area contributed by atoms with E-state index in [0.29, 0.717) is 23.5 Å². The van der Waals surface area contributed by atoms with Crippen LogP contribution in [0.25, 0.3) is 0 Å². The van der Waals surface area contributed by atoms with Crippen molar-refractivity contribution in [1.29, 1.82) is 0 Å². The fourth-order valence-electron chi connectivity index (χ4n) is 2.24. The van der Waals surface area contributed by atoms with Gasteiger partial charge in [0.1, 0.15) is 5.69 Å². The lowest BCUT2D eigenvalue weighted by molar-refractivity contribution is -0.384. The Morgan fingerprint density at radius 1 is 1.42 bits per heavy atom. The number of hydrogen-bond donors (Lipinski definition) is 1. The first-order valence-electron chi connectivity index (χ1n) is 6.76. The van der Waals surface area contributed by atoms with Gasteiger partial charge in [-0.3, -0.25) is 10.1 Å². The van der Waals surface area contributed by atoms with Gasteiger partial charge in [-0.15, -0.1) is 0 Å². The van der Waals surface area contributed by atoms with Gasteiger partial charge in [0, 0.05) is 6.54 Å². The summed E-state index contributed by atoms with van der Waals surface area (Å²) in [5.41, 5.74) is 0.932. The highest BCUT2D eigenvalue weighted by Crippen LogP contribution is 2.49. The largest absolute Gasteiger partial charge is 0.487 e. The molecule has 1 N–H and O–H groups in total. The minimum Gasteiger partial charge on any atom is -0.487 e. The lowest BCUT2D eigenvalue weighted by Gasteiger charge is -2.15. The molecule has 19 heavy (non-hydrogen) atoms. The Balaban J connectivity index is 2.19. The van der Waals surface area contributed by atoms with Crippen LogP contribution in [0.5, 0.6) is 5.75 Å². The summed E-state index contributed by atoms with van der Waals surface area (Å²) in [6, 6.07) is 5.16. The van der Waals surface area contributed by atoms with Crippen molar-refractivity contribution in [3.05, 3.63) is 28.3 Å². The van der Waals surface area contributed by atoms with Gasteiger partial charge in [-0.25, -0.2) is 0 Å². The fourth-order valence-corrected chi connectivity index (χ4v) is 2.24. The molecule has 0 amide bonds. The predicted octanol–water partition coefficient (Wildman–Crippen LogP) is 3.60. The number of hydrogen-bond acceptors (Lipinski definition) is 4. The molecule has 104 valence electrons. The number of benzene rings is 1. The highest BCUT2D eigenvalue weighted by Gasteiger charge is 2.40. The molecule has 0 bridgehead atoms. The third-order valence-electron chi connectivity index (χ3n) is 3.84. The Morgan fingerprint density at radius 3 is 2.68 bits per heavy atom. The summed E-state index contributed by atoms with van der Waals surface area (Å²) < 4.78 is 5.33. The van der Waals surface area contributed by atoms with E-state index in [0.717, 1.165) is 13.0 Å². The molecule has 1 aromatic rings. The molecule has 5 nitrogen and oxygen atoms in total. The highest BCUT2D eigenvalue weighted by molar-refractivity contribution is 5.68. The lowest BCUT2D eigenvalue weighted by atomic mass is 10.0. The van der Waals surface area contributed by atoms with Crippen LogP contribution in [0.4, 0.5) is 11.4 Å². The van der Waals surface area contributed by atoms with Crippen LogP contribution in [-0.4, -0.2) is 18.1 Å². The summed E-state index contributed by atoms with van der Waals surface area (Å²) in [6.07, 6.45) is 3.52. The zero-order chi connectivity index (χ0) is 13.9. The average Bonchev–Trinajstić information content (AvgIpc) is 3.17. The summed E-state index contributed by atoms with van der Waals surface area (Å²) in [4.78, 5) is 10.8. The maximum atomic E-state index is 11.2. The van der Waals surface area contributed by atoms with E-state index in [1.807, 2.05) is 6.92 Å². The second-order valence-corrected chi connectivity index (χ2v) is 5.05. The molecule has 0 spiro atoms. The topological polar surface area (TPSA) is 64.4 Å². The first kappa shape index (κ1) is 13.6. The van der Waals surface area contributed by atoms with Crippen molar-refractivity contribution in [3.63, 3.8) is 0 Å². The number of nitrogens with zero attached hydrogens (tertiary/aromatic N) is 1. The molecule has 5 heteroatoms. The number of anilines is 1. The van der Waals surface area contributed by atoms with E-state index in [2.05, 4.69) is 12.2 Å². The standard InChI is InChI=1S/C14H20N2O3/c1-3-14(8-9-14)10-15-11-6-5-7-12(19-4-2)13(11)16(17)18/h5-7,15H,3-4,8-10H2,1-2H3. The number of nitrogens with one attached hydrogen (secondary N) is 1. The van der Waals surface area contributed by atoms with Gasteiger partial charge >= 0.3 is 5.69 Å². The third-order valence-corrected chi connectivity index (χ3v) is 3.84. The maximum Gasteiger partial charge on any atom is 0.333 e. The van der Waals surface area contributed by atoms with E-state index in [4.69, 9.17) is 4.74 Å². The summed E-state index contributed by atoms with van der Waals surface area (Å²) in [6.45, 7) is 5.20. The van der Waals surface area contributed by atoms with Crippen LogP contribution >= 0.6 is 0 Å². The molecular formula is C14H20N2O3. The Hall–Kier alpha value is -1.78. The average molecular weight is 264 g/mol. The Labute approximate surface area is 113 Å². The molecule has 2 rings (SSSR count). The molecule has 1 aliphatic rings. The van der Waals surface area contributed by atoms with Gasteiger partial charge in [-0.05, 0) is 43.7 Å². The van der Waals surface area contributed by atoms with Gasteiger partial charge in [0.2, 0.25) is 0 Å². The third kappa shape index (κ3) is 2.97. The zero-order valence-electron chi connectivity index (χ0n) is 11.4. The van der Waals surface area contributed by atoms with Gasteiger partial charge < -0.3 is 10.1 Å². The van der Waals surface area contributed by atoms with Crippen LogP contribution in [0, 0.1) is 15.5 Å². The van der Waals surface area contributed by atoms with Crippen LogP contribution in [0.3, 0.4) is 0 Å². The predicted molar refractivity (Wildman–Crippen MR) is 74.7 cm³/mol. The smallest absolute Gasteiger partial charge is 0.333 e. The van der Waals surface area contributed by atoms with Gasteiger partial charge in [0.05, 0.1) is 11.5 Å². The Morgan fingerprint density at radius 2 is 2.16 bits per heavy atom. The first-order chi connectivity index (χ1) is 9.12. The van der Waals surface area contributed by atoms with Gasteiger partial charge in [0.15, 0.2) is 5.75 Å². The van der Waals surface area contributed by atoms with Crippen molar-refractivity contribution in [2.45, 2.75) is 33.1 Å². The monoisotopic (exact) mass is 264 g/mol. The maximum absolute atomic E-state index is 11.2. The molecule has 0 aliphatic heterocycles. The van der Waals surface area contributed by atoms with Crippen LogP contribution in [0.1, 0.15) is 33.1 Å². The van der Waals surface area contributed by atoms with Crippen LogP contribution in [0.2, 0.25) is 0 Å². The molecule has 1 fully saturated rings. The van der Waals surface area contributed by atoms with E-state index in [9.17, 15) is 10.1 Å². The summed E-state index contributed by atoms with van der Waals surface area (Å²) >= 11 is 0. The zero-order valence-corrected chi connectivity index (χ0v) is 11.4. The number of nitro groups is 1. The van der Waals surface area contributed by atoms with E-state index in [1.165, 1.54) is 12.8 Å². The lowest BCUT2D eigenvalue weighted by Crippen LogP contribution is -2.15. The van der Waals surface area contributed by atoms with E-state index < -0.39 is 0 Å². The summed E-state index contributed by atoms with van der Waals surface area (Å²) in [5, 5.41) is 14.4. The molecule has 0 heterocycles. The second-order valence-electron chi connectivity index (χ2n) is 5.05. The molecule has 0 radical (unpaired) electrons. The van der Waals surface area contributed by atoms with Crippen molar-refractivity contribution >= 4 is 11.4 Å². The minimum absolute atomic E-state index is 0.0382. The molecule has 0 saturated heterocycles. The fraction of sp³-hybridized carbons (Fsp3) is 0.571. The van der Waals surface area contributed by atoms with E-state index in [-0.39, 0.29) is 10.6 Å². The van der Waals surface area contributed by atoms with Gasteiger partial charge in [-0.1, -0.05) is 13.0 Å². The van der Waals surface area contributed by atoms with E-state index in [1.54, 1.807) is 18.2 Å². The summed E-state index contributed by atoms with van der Waals surface area (Å²) in [7, 11) is 0. The Bertz CT molecular complexity index is 470. The normalized spacial score (nSPS) is 15.9. The van der Waals surface area contributed by atoms with Crippen molar-refractivity contribution < 1.29 is 9.66 Å². The van der Waals surface area contributed by atoms with E-state index >= 15 is 0 Å². The van der Waals surface area contributed by atoms with Crippen molar-refractivity contribution in [3.8, 4) is 5.75 Å². The molecule has 0 unspecified atom stereocenters. The molecular weight excluding hydrogens is 244 g/mol. The van der Waals surface area contributed by atoms with Crippen molar-refractivity contribution in [2.75, 3.05) is 18.5 Å². The number of nitro benzene ring substituents is 1. The number of ether oxygens (including phenoxy) is 1. The van der Waals surface area contributed by atoms with Gasteiger partial charge in [-0.2, -0.15) is 0 Å². The quantitative estimate of drug-likeness (QED) is 0.603. The number of rotatable bonds is 7. The summed E-state index contributed by atoms with van der Waals surface area (Å²) in [5.74, 6) is 0.332. The molecule has 1 aromatic carbocycles.